The van der Waals surface area contributed by atoms with E-state index in [9.17, 15) is 14.5 Å². The maximum absolute atomic E-state index is 13.5. The Morgan fingerprint density at radius 3 is 2.65 bits per heavy atom. The van der Waals surface area contributed by atoms with Crippen LogP contribution in [0, 0.1) is 29.8 Å². The number of nitrogens with two attached hydrogens (primary N) is 1. The van der Waals surface area contributed by atoms with Gasteiger partial charge in [-0.2, -0.15) is 4.98 Å². The fourth-order valence-electron chi connectivity index (χ4n) is 1.70. The zero-order chi connectivity index (χ0) is 14.9. The molecule has 0 spiro atoms. The Morgan fingerprint density at radius 2 is 2.05 bits per heavy atom. The van der Waals surface area contributed by atoms with Crippen LogP contribution in [0.15, 0.2) is 18.2 Å². The number of nitrogens with one attached hydrogen (secondary N) is 1. The molecule has 2 rings (SSSR count). The van der Waals surface area contributed by atoms with Crippen molar-refractivity contribution < 1.29 is 9.31 Å². The Balaban J connectivity index is 2.47. The second-order valence-electron chi connectivity index (χ2n) is 4.21. The van der Waals surface area contributed by atoms with Crippen molar-refractivity contribution in [1.82, 2.24) is 9.97 Å². The van der Waals surface area contributed by atoms with Crippen LogP contribution >= 0.6 is 0 Å². The fourth-order valence-corrected chi connectivity index (χ4v) is 1.70. The van der Waals surface area contributed by atoms with Crippen LogP contribution in [0.25, 0.3) is 0 Å². The third kappa shape index (κ3) is 2.63. The van der Waals surface area contributed by atoms with Crippen molar-refractivity contribution in [1.29, 1.82) is 0 Å². The summed E-state index contributed by atoms with van der Waals surface area (Å²) in [5, 5.41) is 13.7. The van der Waals surface area contributed by atoms with E-state index in [1.54, 1.807) is 19.1 Å². The summed E-state index contributed by atoms with van der Waals surface area (Å²) in [6.45, 7) is 3.07. The molecule has 0 saturated carbocycles. The quantitative estimate of drug-likeness (QED) is 0.659. The molecule has 0 bridgehead atoms. The molecule has 0 fully saturated rings. The van der Waals surface area contributed by atoms with Crippen LogP contribution in [-0.2, 0) is 0 Å². The van der Waals surface area contributed by atoms with Gasteiger partial charge in [-0.15, -0.1) is 0 Å². The number of nitrogens with zero attached hydrogens (tertiary/aromatic N) is 3. The number of halogens is 1. The van der Waals surface area contributed by atoms with E-state index in [0.29, 0.717) is 11.3 Å². The van der Waals surface area contributed by atoms with Crippen molar-refractivity contribution in [3.63, 3.8) is 0 Å². The molecule has 0 saturated heterocycles. The topological polar surface area (TPSA) is 107 Å². The Morgan fingerprint density at radius 1 is 1.35 bits per heavy atom. The van der Waals surface area contributed by atoms with Crippen LogP contribution < -0.4 is 11.1 Å². The first-order valence-electron chi connectivity index (χ1n) is 5.70. The summed E-state index contributed by atoms with van der Waals surface area (Å²) in [6.07, 6.45) is 0. The highest BCUT2D eigenvalue weighted by Crippen LogP contribution is 2.29. The highest BCUT2D eigenvalue weighted by atomic mass is 19.1. The Kier molecular flexibility index (Phi) is 3.47. The van der Waals surface area contributed by atoms with Gasteiger partial charge in [0.05, 0.1) is 4.92 Å². The number of hydrogen-bond donors (Lipinski definition) is 2. The van der Waals surface area contributed by atoms with Crippen molar-refractivity contribution in [3.05, 3.63) is 45.4 Å². The monoisotopic (exact) mass is 277 g/mol. The lowest BCUT2D eigenvalue weighted by Crippen LogP contribution is -2.07. The molecule has 20 heavy (non-hydrogen) atoms. The number of nitrogen functional groups attached to an aromatic ring is 1. The molecule has 1 aromatic carbocycles. The number of hydrogen-bond acceptors (Lipinski definition) is 6. The summed E-state index contributed by atoms with van der Waals surface area (Å²) in [5.74, 6) is -0.581. The molecule has 8 heteroatoms. The summed E-state index contributed by atoms with van der Waals surface area (Å²) in [7, 11) is 0. The maximum Gasteiger partial charge on any atom is 0.332 e. The first-order chi connectivity index (χ1) is 9.38. The van der Waals surface area contributed by atoms with Gasteiger partial charge in [-0.25, -0.2) is 9.37 Å². The van der Waals surface area contributed by atoms with E-state index in [2.05, 4.69) is 15.3 Å². The van der Waals surface area contributed by atoms with E-state index in [-0.39, 0.29) is 23.1 Å². The Labute approximate surface area is 113 Å². The van der Waals surface area contributed by atoms with Gasteiger partial charge in [0.1, 0.15) is 11.5 Å². The van der Waals surface area contributed by atoms with E-state index < -0.39 is 10.7 Å². The SMILES string of the molecule is Cc1ccc(Nc2nc(N)nc(C)c2[N+](=O)[O-])cc1F. The van der Waals surface area contributed by atoms with Gasteiger partial charge in [0.15, 0.2) is 0 Å². The molecular formula is C12H12FN5O2. The van der Waals surface area contributed by atoms with Gasteiger partial charge in [0, 0.05) is 5.69 Å². The molecule has 0 unspecified atom stereocenters. The molecule has 0 aliphatic carbocycles. The summed E-state index contributed by atoms with van der Waals surface area (Å²) >= 11 is 0. The highest BCUT2D eigenvalue weighted by molar-refractivity contribution is 5.68. The molecule has 7 nitrogen and oxygen atoms in total. The normalized spacial score (nSPS) is 10.3. The van der Waals surface area contributed by atoms with Crippen molar-refractivity contribution in [2.24, 2.45) is 0 Å². The van der Waals surface area contributed by atoms with E-state index in [1.807, 2.05) is 0 Å². The van der Waals surface area contributed by atoms with Gasteiger partial charge in [0.25, 0.3) is 0 Å². The summed E-state index contributed by atoms with van der Waals surface area (Å²) in [4.78, 5) is 18.0. The zero-order valence-corrected chi connectivity index (χ0v) is 10.8. The lowest BCUT2D eigenvalue weighted by molar-refractivity contribution is -0.385. The van der Waals surface area contributed by atoms with Crippen molar-refractivity contribution in [2.75, 3.05) is 11.1 Å². The lowest BCUT2D eigenvalue weighted by atomic mass is 10.2. The van der Waals surface area contributed by atoms with Crippen LogP contribution in [0.4, 0.5) is 27.5 Å². The number of anilines is 3. The summed E-state index contributed by atoms with van der Waals surface area (Å²) < 4.78 is 13.5. The first-order valence-corrected chi connectivity index (χ1v) is 5.70. The molecular weight excluding hydrogens is 265 g/mol. The average molecular weight is 277 g/mol. The molecule has 0 atom stereocenters. The van der Waals surface area contributed by atoms with Crippen molar-refractivity contribution in [2.45, 2.75) is 13.8 Å². The maximum atomic E-state index is 13.5. The van der Waals surface area contributed by atoms with Crippen LogP contribution in [-0.4, -0.2) is 14.9 Å². The van der Waals surface area contributed by atoms with Crippen LogP contribution in [0.2, 0.25) is 0 Å². The number of aromatic nitrogens is 2. The van der Waals surface area contributed by atoms with Gasteiger partial charge < -0.3 is 11.1 Å². The van der Waals surface area contributed by atoms with Crippen molar-refractivity contribution in [3.8, 4) is 0 Å². The largest absolute Gasteiger partial charge is 0.368 e. The molecule has 104 valence electrons. The van der Waals surface area contributed by atoms with Gasteiger partial charge in [0.2, 0.25) is 11.8 Å². The molecule has 2 aromatic rings. The van der Waals surface area contributed by atoms with Gasteiger partial charge in [-0.1, -0.05) is 6.07 Å². The molecule has 1 heterocycles. The smallest absolute Gasteiger partial charge is 0.332 e. The van der Waals surface area contributed by atoms with Gasteiger partial charge in [-0.05, 0) is 31.5 Å². The van der Waals surface area contributed by atoms with Crippen molar-refractivity contribution >= 4 is 23.1 Å². The Hall–Kier alpha value is -2.77. The minimum atomic E-state index is -0.609. The predicted octanol–water partition coefficient (Wildman–Crippen LogP) is 2.47. The number of benzene rings is 1. The second-order valence-corrected chi connectivity index (χ2v) is 4.21. The standard InChI is InChI=1S/C12H12FN5O2/c1-6-3-4-8(5-9(6)13)16-11-10(18(19)20)7(2)15-12(14)17-11/h3-5H,1-2H3,(H3,14,15,16,17). The minimum absolute atomic E-state index is 0.0664. The molecule has 0 radical (unpaired) electrons. The van der Waals surface area contributed by atoms with Gasteiger partial charge >= 0.3 is 5.69 Å². The van der Waals surface area contributed by atoms with E-state index in [1.165, 1.54) is 13.0 Å². The molecule has 0 amide bonds. The highest BCUT2D eigenvalue weighted by Gasteiger charge is 2.21. The van der Waals surface area contributed by atoms with Crippen LogP contribution in [0.1, 0.15) is 11.3 Å². The number of rotatable bonds is 3. The lowest BCUT2D eigenvalue weighted by Gasteiger charge is -2.09. The average Bonchev–Trinajstić information content (AvgIpc) is 2.32. The van der Waals surface area contributed by atoms with E-state index >= 15 is 0 Å². The van der Waals surface area contributed by atoms with E-state index in [4.69, 9.17) is 5.73 Å². The predicted molar refractivity (Wildman–Crippen MR) is 72.3 cm³/mol. The van der Waals surface area contributed by atoms with E-state index in [0.717, 1.165) is 0 Å². The number of nitro groups is 1. The number of aryl methyl sites for hydroxylation is 2. The molecule has 3 N–H and O–H groups in total. The molecule has 1 aromatic heterocycles. The first kappa shape index (κ1) is 13.7. The zero-order valence-electron chi connectivity index (χ0n) is 10.8. The third-order valence-electron chi connectivity index (χ3n) is 2.69. The Bertz CT molecular complexity index is 690. The molecule has 0 aliphatic rings. The fraction of sp³-hybridized carbons (Fsp3) is 0.167. The summed E-state index contributed by atoms with van der Waals surface area (Å²) in [6, 6.07) is 4.38. The molecule has 0 aliphatic heterocycles. The third-order valence-corrected chi connectivity index (χ3v) is 2.69. The second kappa shape index (κ2) is 5.08. The summed E-state index contributed by atoms with van der Waals surface area (Å²) in [5.41, 5.74) is 6.14. The van der Waals surface area contributed by atoms with Crippen LogP contribution in [0.3, 0.4) is 0 Å². The minimum Gasteiger partial charge on any atom is -0.368 e. The van der Waals surface area contributed by atoms with Crippen LogP contribution in [0.5, 0.6) is 0 Å². The van der Waals surface area contributed by atoms with Gasteiger partial charge in [-0.3, -0.25) is 10.1 Å².